The Morgan fingerprint density at radius 3 is 2.53 bits per heavy atom. The monoisotopic (exact) mass is 246 g/mol. The second-order valence-electron chi connectivity index (χ2n) is 3.23. The Bertz CT molecular complexity index is 366. The molecule has 1 aromatic carbocycles. The molecule has 0 saturated heterocycles. The van der Waals surface area contributed by atoms with E-state index in [1.165, 1.54) is 0 Å². The van der Waals surface area contributed by atoms with Gasteiger partial charge in [0.2, 0.25) is 0 Å². The zero-order valence-corrected chi connectivity index (χ0v) is 9.99. The van der Waals surface area contributed by atoms with Crippen LogP contribution in [-0.2, 0) is 4.79 Å². The molecular weight excluding hydrogens is 235 g/mol. The first-order valence-electron chi connectivity index (χ1n) is 4.42. The lowest BCUT2D eigenvalue weighted by molar-refractivity contribution is -0.118. The molecule has 3 nitrogen and oxygen atoms in total. The summed E-state index contributed by atoms with van der Waals surface area (Å²) in [5.74, 6) is -0.474. The number of hydrazine groups is 1. The van der Waals surface area contributed by atoms with Crippen LogP contribution in [0.3, 0.4) is 0 Å². The molecule has 0 saturated carbocycles. The van der Waals surface area contributed by atoms with Gasteiger partial charge < -0.3 is 0 Å². The normalized spacial score (nSPS) is 10.2. The maximum absolute atomic E-state index is 11.1. The molecule has 15 heavy (non-hydrogen) atoms. The molecule has 1 aromatic rings. The molecule has 0 bridgehead atoms. The van der Waals surface area contributed by atoms with Crippen molar-refractivity contribution in [2.24, 2.45) is 0 Å². The van der Waals surface area contributed by atoms with E-state index >= 15 is 0 Å². The van der Waals surface area contributed by atoms with Gasteiger partial charge in [-0.15, -0.1) is 0 Å². The first kappa shape index (κ1) is 12.1. The van der Waals surface area contributed by atoms with Crippen LogP contribution in [-0.4, -0.2) is 10.7 Å². The van der Waals surface area contributed by atoms with E-state index in [4.69, 9.17) is 23.2 Å². The van der Waals surface area contributed by atoms with Crippen molar-refractivity contribution in [2.75, 3.05) is 5.43 Å². The lowest BCUT2D eigenvalue weighted by Crippen LogP contribution is -2.33. The summed E-state index contributed by atoms with van der Waals surface area (Å²) in [5.41, 5.74) is 8.18. The standard InChI is InChI=1S/C10H12Cl2N2O/c1-6-3-4-8(7(2)5-6)13-14-10(15)9(11)12/h3-5,9,13H,1-2H3,(H,14,15). The van der Waals surface area contributed by atoms with Crippen molar-refractivity contribution in [3.63, 3.8) is 0 Å². The Kier molecular flexibility index (Phi) is 4.24. The maximum atomic E-state index is 11.1. The van der Waals surface area contributed by atoms with Gasteiger partial charge in [0.15, 0.2) is 4.84 Å². The topological polar surface area (TPSA) is 41.1 Å². The minimum Gasteiger partial charge on any atom is -0.298 e. The third-order valence-electron chi connectivity index (χ3n) is 1.90. The number of rotatable bonds is 3. The van der Waals surface area contributed by atoms with Crippen LogP contribution >= 0.6 is 23.2 Å². The van der Waals surface area contributed by atoms with Gasteiger partial charge in [0.1, 0.15) is 0 Å². The molecule has 0 aromatic heterocycles. The number of halogens is 2. The Balaban J connectivity index is 2.62. The van der Waals surface area contributed by atoms with Crippen LogP contribution in [0.5, 0.6) is 0 Å². The average Bonchev–Trinajstić information content (AvgIpc) is 2.15. The highest BCUT2D eigenvalue weighted by Crippen LogP contribution is 2.14. The molecule has 5 heteroatoms. The van der Waals surface area contributed by atoms with E-state index in [-0.39, 0.29) is 0 Å². The van der Waals surface area contributed by atoms with E-state index in [9.17, 15) is 4.79 Å². The van der Waals surface area contributed by atoms with Gasteiger partial charge in [0.25, 0.3) is 5.91 Å². The number of carbonyl (C=O) groups is 1. The van der Waals surface area contributed by atoms with E-state index in [0.717, 1.165) is 16.8 Å². The minimum absolute atomic E-state index is 0.474. The summed E-state index contributed by atoms with van der Waals surface area (Å²) in [4.78, 5) is 9.99. The number of benzene rings is 1. The summed E-state index contributed by atoms with van der Waals surface area (Å²) in [6.07, 6.45) is 0. The quantitative estimate of drug-likeness (QED) is 0.636. The smallest absolute Gasteiger partial charge is 0.271 e. The summed E-state index contributed by atoms with van der Waals surface area (Å²) in [7, 11) is 0. The van der Waals surface area contributed by atoms with Crippen LogP contribution in [0.4, 0.5) is 5.69 Å². The van der Waals surface area contributed by atoms with E-state index in [2.05, 4.69) is 10.9 Å². The third-order valence-corrected chi connectivity index (χ3v) is 2.30. The molecule has 0 aliphatic carbocycles. The number of hydrogen-bond acceptors (Lipinski definition) is 2. The summed E-state index contributed by atoms with van der Waals surface area (Å²) in [5, 5.41) is 0. The minimum atomic E-state index is -1.07. The van der Waals surface area contributed by atoms with Crippen molar-refractivity contribution in [3.05, 3.63) is 29.3 Å². The molecule has 0 spiro atoms. The molecule has 0 fully saturated rings. The number of amides is 1. The van der Waals surface area contributed by atoms with E-state index in [0.29, 0.717) is 0 Å². The summed E-state index contributed by atoms with van der Waals surface area (Å²) >= 11 is 10.7. The van der Waals surface area contributed by atoms with Crippen LogP contribution in [0.2, 0.25) is 0 Å². The predicted molar refractivity (Wildman–Crippen MR) is 63.2 cm³/mol. The molecular formula is C10H12Cl2N2O. The maximum Gasteiger partial charge on any atom is 0.271 e. The summed E-state index contributed by atoms with van der Waals surface area (Å²) in [6.45, 7) is 3.95. The molecule has 0 atom stereocenters. The van der Waals surface area contributed by atoms with Crippen LogP contribution in [0, 0.1) is 13.8 Å². The fraction of sp³-hybridized carbons (Fsp3) is 0.300. The van der Waals surface area contributed by atoms with Gasteiger partial charge in [0, 0.05) is 0 Å². The van der Waals surface area contributed by atoms with Gasteiger partial charge in [0.05, 0.1) is 5.69 Å². The van der Waals surface area contributed by atoms with Crippen molar-refractivity contribution >= 4 is 34.8 Å². The molecule has 82 valence electrons. The van der Waals surface area contributed by atoms with E-state index < -0.39 is 10.7 Å². The van der Waals surface area contributed by atoms with Gasteiger partial charge in [-0.25, -0.2) is 0 Å². The molecule has 0 unspecified atom stereocenters. The number of carbonyl (C=O) groups excluding carboxylic acids is 1. The number of hydrogen-bond donors (Lipinski definition) is 2. The second-order valence-corrected chi connectivity index (χ2v) is 4.33. The van der Waals surface area contributed by atoms with Crippen molar-refractivity contribution in [1.82, 2.24) is 5.43 Å². The summed E-state index contributed by atoms with van der Waals surface area (Å²) in [6, 6.07) is 5.83. The molecule has 2 N–H and O–H groups in total. The Morgan fingerprint density at radius 2 is 2.00 bits per heavy atom. The van der Waals surface area contributed by atoms with Gasteiger partial charge in [-0.2, -0.15) is 0 Å². The molecule has 0 radical (unpaired) electrons. The van der Waals surface area contributed by atoms with Gasteiger partial charge in [-0.05, 0) is 25.5 Å². The van der Waals surface area contributed by atoms with Crippen molar-refractivity contribution < 1.29 is 4.79 Å². The van der Waals surface area contributed by atoms with Gasteiger partial charge in [-0.1, -0.05) is 40.9 Å². The van der Waals surface area contributed by atoms with Crippen LogP contribution in [0.15, 0.2) is 18.2 Å². The molecule has 0 aliphatic rings. The van der Waals surface area contributed by atoms with Crippen LogP contribution < -0.4 is 10.9 Å². The lowest BCUT2D eigenvalue weighted by atomic mass is 10.1. The van der Waals surface area contributed by atoms with Crippen molar-refractivity contribution in [1.29, 1.82) is 0 Å². The van der Waals surface area contributed by atoms with Crippen LogP contribution in [0.1, 0.15) is 11.1 Å². The number of aryl methyl sites for hydroxylation is 2. The van der Waals surface area contributed by atoms with Crippen LogP contribution in [0.25, 0.3) is 0 Å². The summed E-state index contributed by atoms with van der Waals surface area (Å²) < 4.78 is 0. The lowest BCUT2D eigenvalue weighted by Gasteiger charge is -2.11. The first-order valence-corrected chi connectivity index (χ1v) is 5.29. The highest BCUT2D eigenvalue weighted by atomic mass is 35.5. The first-order chi connectivity index (χ1) is 7.00. The average molecular weight is 247 g/mol. The van der Waals surface area contributed by atoms with Crippen molar-refractivity contribution in [2.45, 2.75) is 18.7 Å². The zero-order valence-electron chi connectivity index (χ0n) is 8.47. The molecule has 1 amide bonds. The van der Waals surface area contributed by atoms with E-state index in [1.807, 2.05) is 32.0 Å². The SMILES string of the molecule is Cc1ccc(NNC(=O)C(Cl)Cl)c(C)c1. The number of alkyl halides is 2. The zero-order chi connectivity index (χ0) is 11.4. The largest absolute Gasteiger partial charge is 0.298 e. The molecule has 1 rings (SSSR count). The second kappa shape index (κ2) is 5.24. The van der Waals surface area contributed by atoms with E-state index in [1.54, 1.807) is 0 Å². The number of anilines is 1. The van der Waals surface area contributed by atoms with Crippen molar-refractivity contribution in [3.8, 4) is 0 Å². The predicted octanol–water partition coefficient (Wildman–Crippen LogP) is 2.55. The Morgan fingerprint density at radius 1 is 1.33 bits per heavy atom. The Labute approximate surface area is 98.7 Å². The molecule has 0 aliphatic heterocycles. The highest BCUT2D eigenvalue weighted by Gasteiger charge is 2.10. The number of nitrogens with one attached hydrogen (secondary N) is 2. The Hall–Kier alpha value is -0.930. The fourth-order valence-electron chi connectivity index (χ4n) is 1.14. The van der Waals surface area contributed by atoms with Gasteiger partial charge >= 0.3 is 0 Å². The third kappa shape index (κ3) is 3.61. The molecule has 0 heterocycles. The fourth-order valence-corrected chi connectivity index (χ4v) is 1.25. The highest BCUT2D eigenvalue weighted by molar-refractivity contribution is 6.53. The van der Waals surface area contributed by atoms with Gasteiger partial charge in [-0.3, -0.25) is 15.6 Å².